The summed E-state index contributed by atoms with van der Waals surface area (Å²) in [6.07, 6.45) is 1.87. The summed E-state index contributed by atoms with van der Waals surface area (Å²) < 4.78 is 0.517. The number of nitrogens with one attached hydrogen (secondary N) is 1. The summed E-state index contributed by atoms with van der Waals surface area (Å²) in [6.45, 7) is 3.96. The summed E-state index contributed by atoms with van der Waals surface area (Å²) in [4.78, 5) is 14.7. The predicted molar refractivity (Wildman–Crippen MR) is 106 cm³/mol. The number of thioether (sulfide) groups is 1. The van der Waals surface area contributed by atoms with Crippen molar-refractivity contribution < 1.29 is 4.79 Å². The predicted octanol–water partition coefficient (Wildman–Crippen LogP) is 4.20. The minimum absolute atomic E-state index is 0.117. The van der Waals surface area contributed by atoms with E-state index in [1.165, 1.54) is 23.0 Å². The number of nitrogens with zero attached hydrogens (tertiary/aromatic N) is 1. The zero-order valence-corrected chi connectivity index (χ0v) is 15.0. The smallest absolute Gasteiger partial charge is 0.263 e. The van der Waals surface area contributed by atoms with Gasteiger partial charge in [0.1, 0.15) is 4.32 Å². The summed E-state index contributed by atoms with van der Waals surface area (Å²) in [7, 11) is 0. The molecule has 0 atom stereocenters. The molecule has 3 rings (SSSR count). The molecule has 1 saturated heterocycles. The molecule has 1 N–H and O–H groups in total. The number of hydrogen-bond acceptors (Lipinski definition) is 4. The van der Waals surface area contributed by atoms with E-state index in [0.717, 1.165) is 18.7 Å². The second kappa shape index (κ2) is 7.64. The van der Waals surface area contributed by atoms with Gasteiger partial charge < -0.3 is 10.2 Å². The maximum atomic E-state index is 11.7. The van der Waals surface area contributed by atoms with Gasteiger partial charge in [0.2, 0.25) is 0 Å². The monoisotopic (exact) mass is 354 g/mol. The Kier molecular flexibility index (Phi) is 5.33. The molecule has 1 amide bonds. The number of thiocarbonyl (C=S) groups is 1. The van der Waals surface area contributed by atoms with Crippen LogP contribution in [0.25, 0.3) is 6.08 Å². The van der Waals surface area contributed by atoms with Gasteiger partial charge in [0, 0.05) is 18.8 Å². The van der Waals surface area contributed by atoms with Crippen molar-refractivity contribution in [3.63, 3.8) is 0 Å². The van der Waals surface area contributed by atoms with E-state index in [1.807, 2.05) is 24.3 Å². The summed E-state index contributed by atoms with van der Waals surface area (Å²) >= 11 is 6.31. The van der Waals surface area contributed by atoms with Crippen molar-refractivity contribution in [2.24, 2.45) is 0 Å². The lowest BCUT2D eigenvalue weighted by Gasteiger charge is -2.23. The number of carbonyl (C=O) groups excluding carboxylic acids is 1. The molecule has 122 valence electrons. The van der Waals surface area contributed by atoms with Gasteiger partial charge in [-0.25, -0.2) is 0 Å². The molecule has 0 aliphatic carbocycles. The van der Waals surface area contributed by atoms with Gasteiger partial charge in [-0.1, -0.05) is 66.4 Å². The van der Waals surface area contributed by atoms with E-state index in [2.05, 4.69) is 53.5 Å². The van der Waals surface area contributed by atoms with E-state index in [1.54, 1.807) is 0 Å². The van der Waals surface area contributed by atoms with Gasteiger partial charge in [-0.05, 0) is 36.3 Å². The molecule has 5 heteroatoms. The van der Waals surface area contributed by atoms with Crippen LogP contribution in [0.4, 0.5) is 5.69 Å². The molecule has 2 aromatic carbocycles. The Balaban J connectivity index is 1.74. The normalized spacial score (nSPS) is 15.6. The first-order chi connectivity index (χ1) is 11.7. The maximum Gasteiger partial charge on any atom is 0.263 e. The highest BCUT2D eigenvalue weighted by atomic mass is 32.2. The van der Waals surface area contributed by atoms with Crippen molar-refractivity contribution in [3.8, 4) is 0 Å². The van der Waals surface area contributed by atoms with Crippen LogP contribution in [0.3, 0.4) is 0 Å². The molecule has 1 aliphatic heterocycles. The van der Waals surface area contributed by atoms with E-state index in [9.17, 15) is 4.79 Å². The first-order valence-corrected chi connectivity index (χ1v) is 9.02. The number of benzene rings is 2. The van der Waals surface area contributed by atoms with Gasteiger partial charge in [0.05, 0.1) is 4.91 Å². The van der Waals surface area contributed by atoms with Crippen molar-refractivity contribution >= 4 is 46.0 Å². The van der Waals surface area contributed by atoms with Gasteiger partial charge in [-0.3, -0.25) is 4.79 Å². The molecule has 1 aliphatic rings. The number of rotatable bonds is 5. The first-order valence-electron chi connectivity index (χ1n) is 7.79. The number of anilines is 1. The zero-order chi connectivity index (χ0) is 16.9. The van der Waals surface area contributed by atoms with E-state index in [-0.39, 0.29) is 5.91 Å². The van der Waals surface area contributed by atoms with Gasteiger partial charge in [0.15, 0.2) is 0 Å². The van der Waals surface area contributed by atoms with Crippen LogP contribution in [0.2, 0.25) is 0 Å². The van der Waals surface area contributed by atoms with Crippen LogP contribution in [0.1, 0.15) is 18.1 Å². The number of hydrogen-bond donors (Lipinski definition) is 1. The first kappa shape index (κ1) is 16.7. The van der Waals surface area contributed by atoms with E-state index in [4.69, 9.17) is 12.2 Å². The average molecular weight is 354 g/mol. The van der Waals surface area contributed by atoms with Crippen molar-refractivity contribution in [2.75, 3.05) is 11.4 Å². The topological polar surface area (TPSA) is 32.3 Å². The molecule has 0 radical (unpaired) electrons. The van der Waals surface area contributed by atoms with Crippen LogP contribution in [-0.4, -0.2) is 16.8 Å². The van der Waals surface area contributed by atoms with Gasteiger partial charge >= 0.3 is 0 Å². The Bertz CT molecular complexity index is 770. The maximum absolute atomic E-state index is 11.7. The lowest BCUT2D eigenvalue weighted by molar-refractivity contribution is -0.115. The van der Waals surface area contributed by atoms with E-state index < -0.39 is 0 Å². The fourth-order valence-corrected chi connectivity index (χ4v) is 3.59. The quantitative estimate of drug-likeness (QED) is 0.644. The lowest BCUT2D eigenvalue weighted by atomic mass is 10.1. The zero-order valence-electron chi connectivity index (χ0n) is 13.4. The van der Waals surface area contributed by atoms with E-state index in [0.29, 0.717) is 9.23 Å². The third-order valence-corrected chi connectivity index (χ3v) is 4.96. The Labute approximate surface area is 151 Å². The fraction of sp³-hybridized carbons (Fsp3) is 0.158. The van der Waals surface area contributed by atoms with E-state index >= 15 is 0 Å². The third kappa shape index (κ3) is 4.04. The van der Waals surface area contributed by atoms with Gasteiger partial charge in [-0.2, -0.15) is 0 Å². The molecule has 1 fully saturated rings. The Hall–Kier alpha value is -2.11. The molecule has 3 nitrogen and oxygen atoms in total. The molecule has 0 spiro atoms. The van der Waals surface area contributed by atoms with Crippen molar-refractivity contribution in [2.45, 2.75) is 13.5 Å². The van der Waals surface area contributed by atoms with Crippen molar-refractivity contribution in [3.05, 3.63) is 70.6 Å². The highest BCUT2D eigenvalue weighted by Crippen LogP contribution is 2.26. The van der Waals surface area contributed by atoms with Gasteiger partial charge in [-0.15, -0.1) is 0 Å². The van der Waals surface area contributed by atoms with Crippen LogP contribution in [-0.2, 0) is 11.3 Å². The summed E-state index contributed by atoms with van der Waals surface area (Å²) in [6, 6.07) is 18.7. The third-order valence-electron chi connectivity index (χ3n) is 3.80. The van der Waals surface area contributed by atoms with Crippen LogP contribution < -0.4 is 10.2 Å². The summed E-state index contributed by atoms with van der Waals surface area (Å²) in [5, 5.41) is 2.63. The molecular formula is C19H18N2OS2. The molecule has 24 heavy (non-hydrogen) atoms. The molecule has 0 saturated carbocycles. The standard InChI is InChI=1S/C19H18N2OS2/c1-2-21(13-15-6-4-3-5-7-15)16-10-8-14(9-11-16)12-17-18(22)20-19(23)24-17/h3-12H,2,13H2,1H3,(H,20,22,23)/b17-12-. The number of amides is 1. The second-order valence-electron chi connectivity index (χ2n) is 5.44. The van der Waals surface area contributed by atoms with Crippen LogP contribution >= 0.6 is 24.0 Å². The molecular weight excluding hydrogens is 336 g/mol. The molecule has 2 aromatic rings. The largest absolute Gasteiger partial charge is 0.367 e. The Morgan fingerprint density at radius 1 is 1.12 bits per heavy atom. The van der Waals surface area contributed by atoms with Crippen LogP contribution in [0.15, 0.2) is 59.5 Å². The summed E-state index contributed by atoms with van der Waals surface area (Å²) in [5.41, 5.74) is 3.46. The highest BCUT2D eigenvalue weighted by Gasteiger charge is 2.21. The van der Waals surface area contributed by atoms with Crippen molar-refractivity contribution in [1.29, 1.82) is 0 Å². The average Bonchev–Trinajstić information content (AvgIpc) is 2.92. The summed E-state index contributed by atoms with van der Waals surface area (Å²) in [5.74, 6) is -0.117. The minimum atomic E-state index is -0.117. The number of carbonyl (C=O) groups is 1. The highest BCUT2D eigenvalue weighted by molar-refractivity contribution is 8.26. The SMILES string of the molecule is CCN(Cc1ccccc1)c1ccc(/C=C2\SC(=S)NC2=O)cc1. The molecule has 0 bridgehead atoms. The lowest BCUT2D eigenvalue weighted by Crippen LogP contribution is -2.21. The van der Waals surface area contributed by atoms with Crippen LogP contribution in [0.5, 0.6) is 0 Å². The molecule has 0 aromatic heterocycles. The minimum Gasteiger partial charge on any atom is -0.367 e. The second-order valence-corrected chi connectivity index (χ2v) is 7.16. The van der Waals surface area contributed by atoms with Crippen molar-refractivity contribution in [1.82, 2.24) is 5.32 Å². The molecule has 0 unspecified atom stereocenters. The Morgan fingerprint density at radius 3 is 2.42 bits per heavy atom. The van der Waals surface area contributed by atoms with Crippen LogP contribution in [0, 0.1) is 0 Å². The van der Waals surface area contributed by atoms with Gasteiger partial charge in [0.25, 0.3) is 5.91 Å². The molecule has 1 heterocycles. The Morgan fingerprint density at radius 2 is 1.83 bits per heavy atom. The fourth-order valence-electron chi connectivity index (χ4n) is 2.54.